The number of piperidine rings is 3. The summed E-state index contributed by atoms with van der Waals surface area (Å²) < 4.78 is 35.2. The summed E-state index contributed by atoms with van der Waals surface area (Å²) in [6, 6.07) is 13.9. The molecule has 0 saturated carbocycles. The molecule has 2 bridgehead atoms. The molecule has 37 heavy (non-hydrogen) atoms. The largest absolute Gasteiger partial charge is 0.440 e. The summed E-state index contributed by atoms with van der Waals surface area (Å²) in [5, 5.41) is 0.793. The maximum atomic E-state index is 14.7. The van der Waals surface area contributed by atoms with Gasteiger partial charge in [0.05, 0.1) is 31.9 Å². The van der Waals surface area contributed by atoms with Gasteiger partial charge in [-0.25, -0.2) is 23.5 Å². The molecular formula is C28H31F2N4O2S+. The Morgan fingerprint density at radius 3 is 2.49 bits per heavy atom. The van der Waals surface area contributed by atoms with Crippen molar-refractivity contribution >= 4 is 23.5 Å². The fourth-order valence-electron chi connectivity index (χ4n) is 5.48. The van der Waals surface area contributed by atoms with Crippen LogP contribution >= 0.6 is 11.8 Å². The maximum Gasteiger partial charge on any atom is 0.415 e. The Morgan fingerprint density at radius 2 is 1.76 bits per heavy atom. The van der Waals surface area contributed by atoms with Gasteiger partial charge in [-0.1, -0.05) is 36.0 Å². The van der Waals surface area contributed by atoms with Crippen molar-refractivity contribution in [3.05, 3.63) is 84.2 Å². The summed E-state index contributed by atoms with van der Waals surface area (Å²) in [4.78, 5) is 23.3. The van der Waals surface area contributed by atoms with E-state index in [0.29, 0.717) is 11.5 Å². The van der Waals surface area contributed by atoms with E-state index >= 15 is 0 Å². The third-order valence-electron chi connectivity index (χ3n) is 7.46. The van der Waals surface area contributed by atoms with Crippen molar-refractivity contribution in [2.24, 2.45) is 5.92 Å². The zero-order valence-corrected chi connectivity index (χ0v) is 21.5. The average molecular weight is 526 g/mol. The Labute approximate surface area is 220 Å². The summed E-state index contributed by atoms with van der Waals surface area (Å²) in [5.74, 6) is 0.402. The van der Waals surface area contributed by atoms with E-state index < -0.39 is 11.9 Å². The number of fused-ring (bicyclic) bond motifs is 3. The molecule has 0 N–H and O–H groups in total. The number of ether oxygens (including phenoxy) is 1. The Balaban J connectivity index is 1.24. The fourth-order valence-corrected chi connectivity index (χ4v) is 6.20. The Hall–Kier alpha value is -3.04. The third kappa shape index (κ3) is 6.27. The second-order valence-corrected chi connectivity index (χ2v) is 10.9. The van der Waals surface area contributed by atoms with Crippen LogP contribution in [0, 0.1) is 17.6 Å². The minimum Gasteiger partial charge on any atom is -0.440 e. The van der Waals surface area contributed by atoms with Crippen LogP contribution in [0.25, 0.3) is 0 Å². The van der Waals surface area contributed by atoms with Gasteiger partial charge in [-0.05, 0) is 35.9 Å². The van der Waals surface area contributed by atoms with Crippen molar-refractivity contribution in [3.8, 4) is 0 Å². The van der Waals surface area contributed by atoms with Crippen LogP contribution in [0.4, 0.5) is 19.3 Å². The second-order valence-electron chi connectivity index (χ2n) is 9.85. The van der Waals surface area contributed by atoms with Crippen molar-refractivity contribution in [1.29, 1.82) is 0 Å². The molecule has 9 heteroatoms. The molecule has 3 fully saturated rings. The lowest BCUT2D eigenvalue weighted by atomic mass is 9.83. The number of carbonyl (C=O) groups is 1. The van der Waals surface area contributed by atoms with Crippen LogP contribution in [0.1, 0.15) is 24.8 Å². The molecule has 3 aliphatic rings. The van der Waals surface area contributed by atoms with Gasteiger partial charge >= 0.3 is 6.09 Å². The molecule has 2 aromatic carbocycles. The fraction of sp³-hybridized carbons (Fsp3) is 0.393. The molecule has 0 aliphatic carbocycles. The number of thioether (sulfide) groups is 1. The number of carbonyl (C=O) groups excluding carboxylic acids is 1. The molecule has 4 heterocycles. The number of anilines is 1. The summed E-state index contributed by atoms with van der Waals surface area (Å²) in [6.45, 7) is 4.09. The van der Waals surface area contributed by atoms with E-state index in [2.05, 4.69) is 9.97 Å². The first kappa shape index (κ1) is 25.6. The van der Waals surface area contributed by atoms with E-state index in [0.717, 1.165) is 60.8 Å². The molecule has 6 nitrogen and oxygen atoms in total. The number of aromatic nitrogens is 2. The van der Waals surface area contributed by atoms with Crippen LogP contribution in [0.2, 0.25) is 0 Å². The molecule has 0 radical (unpaired) electrons. The van der Waals surface area contributed by atoms with Gasteiger partial charge in [-0.3, -0.25) is 4.90 Å². The molecule has 3 saturated heterocycles. The van der Waals surface area contributed by atoms with Gasteiger partial charge in [0.25, 0.3) is 0 Å². The topological polar surface area (TPSA) is 55.3 Å². The molecule has 3 aliphatic heterocycles. The second kappa shape index (κ2) is 11.6. The summed E-state index contributed by atoms with van der Waals surface area (Å²) >= 11 is 1.66. The van der Waals surface area contributed by atoms with E-state index in [4.69, 9.17) is 4.74 Å². The summed E-state index contributed by atoms with van der Waals surface area (Å²) in [6.07, 6.45) is 5.80. The number of amides is 1. The van der Waals surface area contributed by atoms with Gasteiger partial charge in [0, 0.05) is 43.3 Å². The third-order valence-corrected chi connectivity index (χ3v) is 8.42. The number of quaternary nitrogens is 1. The average Bonchev–Trinajstić information content (AvgIpc) is 2.92. The highest BCUT2D eigenvalue weighted by Crippen LogP contribution is 2.37. The monoisotopic (exact) mass is 525 g/mol. The van der Waals surface area contributed by atoms with Crippen LogP contribution in [-0.4, -0.2) is 58.6 Å². The van der Waals surface area contributed by atoms with Crippen molar-refractivity contribution in [3.63, 3.8) is 0 Å². The van der Waals surface area contributed by atoms with Gasteiger partial charge in [0.2, 0.25) is 0 Å². The number of halogens is 2. The summed E-state index contributed by atoms with van der Waals surface area (Å²) in [7, 11) is 0. The molecule has 1 atom stereocenters. The number of nitrogens with zero attached hydrogens (tertiary/aromatic N) is 4. The minimum atomic E-state index is -0.567. The quantitative estimate of drug-likeness (QED) is 0.156. The predicted octanol–water partition coefficient (Wildman–Crippen LogP) is 5.69. The van der Waals surface area contributed by atoms with E-state index in [1.54, 1.807) is 54.5 Å². The molecule has 6 rings (SSSR count). The molecular weight excluding hydrogens is 494 g/mol. The normalized spacial score (nSPS) is 22.5. The van der Waals surface area contributed by atoms with Gasteiger partial charge in [0.15, 0.2) is 11.3 Å². The highest BCUT2D eigenvalue weighted by atomic mass is 32.2. The molecule has 0 spiro atoms. The van der Waals surface area contributed by atoms with Crippen molar-refractivity contribution in [2.45, 2.75) is 37.1 Å². The molecule has 194 valence electrons. The number of rotatable bonds is 9. The molecule has 1 aromatic heterocycles. The molecule has 1 amide bonds. The first-order valence-electron chi connectivity index (χ1n) is 12.7. The summed E-state index contributed by atoms with van der Waals surface area (Å²) in [5.41, 5.74) is 0.848. The van der Waals surface area contributed by atoms with Crippen molar-refractivity contribution in [1.82, 2.24) is 9.97 Å². The van der Waals surface area contributed by atoms with E-state index in [1.165, 1.54) is 23.1 Å². The maximum absolute atomic E-state index is 14.7. The lowest BCUT2D eigenvalue weighted by Crippen LogP contribution is -2.65. The minimum absolute atomic E-state index is 0.0935. The van der Waals surface area contributed by atoms with Crippen LogP contribution in [0.5, 0.6) is 0 Å². The number of benzene rings is 2. The van der Waals surface area contributed by atoms with Gasteiger partial charge in [-0.2, -0.15) is 0 Å². The zero-order valence-electron chi connectivity index (χ0n) is 20.6. The number of hydrogen-bond donors (Lipinski definition) is 0. The van der Waals surface area contributed by atoms with Crippen molar-refractivity contribution < 1.29 is 22.8 Å². The van der Waals surface area contributed by atoms with E-state index in [9.17, 15) is 13.6 Å². The predicted molar refractivity (Wildman–Crippen MR) is 139 cm³/mol. The van der Waals surface area contributed by atoms with Crippen LogP contribution in [0.15, 0.2) is 72.1 Å². The van der Waals surface area contributed by atoms with Gasteiger partial charge in [0.1, 0.15) is 18.2 Å². The standard InChI is InChI=1S/C28H31F2N4O2S/c29-23-9-7-21(8-10-23)19-33(25-6-2-1-5-24(25)30)28(35)36-26-20-34(16-11-22(26)12-17-34)15-4-18-37-27-31-13-3-14-32-27/h1-3,5-10,13-14,22,26H,4,11-12,15-20H2/q+1. The molecule has 3 aromatic rings. The van der Waals surface area contributed by atoms with E-state index in [1.807, 2.05) is 6.07 Å². The lowest BCUT2D eigenvalue weighted by Gasteiger charge is -2.52. The first-order chi connectivity index (χ1) is 18.0. The highest BCUT2D eigenvalue weighted by molar-refractivity contribution is 7.99. The number of hydrogen-bond acceptors (Lipinski definition) is 5. The number of para-hydroxylation sites is 1. The lowest BCUT2D eigenvalue weighted by molar-refractivity contribution is -0.946. The Morgan fingerprint density at radius 1 is 1.03 bits per heavy atom. The van der Waals surface area contributed by atoms with Crippen molar-refractivity contribution in [2.75, 3.05) is 36.8 Å². The SMILES string of the molecule is O=C(OC1C[N+]2(CCCSc3ncccn3)CCC1CC2)N(Cc1ccc(F)cc1)c1ccccc1F. The van der Waals surface area contributed by atoms with Crippen LogP contribution in [-0.2, 0) is 11.3 Å². The van der Waals surface area contributed by atoms with Gasteiger partial charge in [-0.15, -0.1) is 0 Å². The smallest absolute Gasteiger partial charge is 0.415 e. The molecule has 1 unspecified atom stereocenters. The Bertz CT molecular complexity index is 1190. The highest BCUT2D eigenvalue weighted by Gasteiger charge is 2.47. The Kier molecular flexibility index (Phi) is 8.00. The first-order valence-corrected chi connectivity index (χ1v) is 13.7. The van der Waals surface area contributed by atoms with E-state index in [-0.39, 0.29) is 24.2 Å². The van der Waals surface area contributed by atoms with Crippen LogP contribution < -0.4 is 4.90 Å². The van der Waals surface area contributed by atoms with Crippen LogP contribution in [0.3, 0.4) is 0 Å². The van der Waals surface area contributed by atoms with Gasteiger partial charge < -0.3 is 9.22 Å². The zero-order chi connectivity index (χ0) is 25.7.